The van der Waals surface area contributed by atoms with Crippen molar-refractivity contribution in [2.45, 2.75) is 17.3 Å². The zero-order chi connectivity index (χ0) is 17.6. The molecular weight excluding hydrogens is 340 g/mol. The smallest absolute Gasteiger partial charge is 0.251 e. The fourth-order valence-electron chi connectivity index (χ4n) is 2.17. The maximum Gasteiger partial charge on any atom is 0.251 e. The van der Waals surface area contributed by atoms with Crippen molar-refractivity contribution in [1.29, 1.82) is 0 Å². The van der Waals surface area contributed by atoms with Crippen LogP contribution in [0.15, 0.2) is 59.9 Å². The summed E-state index contributed by atoms with van der Waals surface area (Å²) < 4.78 is 7.38. The molecule has 0 spiro atoms. The number of nitrogens with zero attached hydrogens (tertiary/aromatic N) is 4. The van der Waals surface area contributed by atoms with Crippen LogP contribution in [0, 0.1) is 5.21 Å². The molecule has 128 valence electrons. The Morgan fingerprint density at radius 1 is 1.28 bits per heavy atom. The number of methoxy groups -OCH3 is 1. The Morgan fingerprint density at radius 2 is 2.08 bits per heavy atom. The Kier molecular flexibility index (Phi) is 5.30. The quantitative estimate of drug-likeness (QED) is 0.279. The van der Waals surface area contributed by atoms with Gasteiger partial charge in [-0.25, -0.2) is 4.68 Å². The minimum Gasteiger partial charge on any atom is -0.618 e. The number of carbonyl (C=O) groups is 1. The molecule has 2 heterocycles. The number of hydrogen-bond acceptors (Lipinski definition) is 6. The van der Waals surface area contributed by atoms with E-state index in [0.29, 0.717) is 27.8 Å². The lowest BCUT2D eigenvalue weighted by molar-refractivity contribution is -0.645. The largest absolute Gasteiger partial charge is 0.618 e. The van der Waals surface area contributed by atoms with Gasteiger partial charge in [-0.2, -0.15) is 4.73 Å². The third kappa shape index (κ3) is 4.36. The van der Waals surface area contributed by atoms with Crippen molar-refractivity contribution in [2.24, 2.45) is 0 Å². The second-order valence-electron chi connectivity index (χ2n) is 5.21. The fourth-order valence-corrected chi connectivity index (χ4v) is 2.96. The molecular formula is C17H16N4O3S. The van der Waals surface area contributed by atoms with Gasteiger partial charge < -0.3 is 9.94 Å². The summed E-state index contributed by atoms with van der Waals surface area (Å²) >= 11 is 1.37. The first-order valence-electron chi connectivity index (χ1n) is 7.53. The SMILES string of the molecule is COc1ccc(C(=O)Cn2cc(CSc3cccc[n+]3[O-])nn2)cc1. The predicted molar refractivity (Wildman–Crippen MR) is 92.3 cm³/mol. The molecule has 0 amide bonds. The molecule has 0 aliphatic heterocycles. The van der Waals surface area contributed by atoms with E-state index in [9.17, 15) is 10.0 Å². The van der Waals surface area contributed by atoms with Gasteiger partial charge in [-0.3, -0.25) is 4.79 Å². The first kappa shape index (κ1) is 17.0. The van der Waals surface area contributed by atoms with Crippen LogP contribution in [-0.2, 0) is 12.3 Å². The van der Waals surface area contributed by atoms with E-state index >= 15 is 0 Å². The summed E-state index contributed by atoms with van der Waals surface area (Å²) in [6.07, 6.45) is 3.17. The number of pyridine rings is 1. The molecule has 2 aromatic heterocycles. The van der Waals surface area contributed by atoms with Crippen LogP contribution in [0.25, 0.3) is 0 Å². The zero-order valence-corrected chi connectivity index (χ0v) is 14.3. The third-order valence-corrected chi connectivity index (χ3v) is 4.51. The van der Waals surface area contributed by atoms with Crippen molar-refractivity contribution < 1.29 is 14.3 Å². The van der Waals surface area contributed by atoms with Crippen LogP contribution < -0.4 is 9.47 Å². The van der Waals surface area contributed by atoms with Gasteiger partial charge in [0.15, 0.2) is 12.0 Å². The minimum atomic E-state index is -0.0628. The monoisotopic (exact) mass is 356 g/mol. The summed E-state index contributed by atoms with van der Waals surface area (Å²) in [5, 5.41) is 20.2. The van der Waals surface area contributed by atoms with Crippen LogP contribution in [0.1, 0.15) is 16.1 Å². The van der Waals surface area contributed by atoms with Crippen LogP contribution in [0.4, 0.5) is 0 Å². The number of thioether (sulfide) groups is 1. The molecule has 0 radical (unpaired) electrons. The van der Waals surface area contributed by atoms with Crippen LogP contribution >= 0.6 is 11.8 Å². The molecule has 0 saturated heterocycles. The second-order valence-corrected chi connectivity index (χ2v) is 6.21. The molecule has 3 rings (SSSR count). The number of hydrogen-bond donors (Lipinski definition) is 0. The van der Waals surface area contributed by atoms with Crippen LogP contribution in [-0.4, -0.2) is 27.9 Å². The van der Waals surface area contributed by atoms with Crippen LogP contribution in [0.2, 0.25) is 0 Å². The standard InChI is InChI=1S/C17H16N4O3S/c1-24-15-7-5-13(6-8-15)16(22)11-20-10-14(18-19-20)12-25-17-4-2-3-9-21(17)23/h2-10H,11-12H2,1H3. The van der Waals surface area contributed by atoms with E-state index in [2.05, 4.69) is 10.3 Å². The number of benzene rings is 1. The molecule has 3 aromatic rings. The van der Waals surface area contributed by atoms with Gasteiger partial charge in [-0.15, -0.1) is 5.10 Å². The van der Waals surface area contributed by atoms with E-state index < -0.39 is 0 Å². The van der Waals surface area contributed by atoms with Crippen molar-refractivity contribution in [1.82, 2.24) is 15.0 Å². The van der Waals surface area contributed by atoms with Crippen molar-refractivity contribution in [3.63, 3.8) is 0 Å². The summed E-state index contributed by atoms with van der Waals surface area (Å²) in [6.45, 7) is 0.108. The highest BCUT2D eigenvalue weighted by Gasteiger charge is 2.11. The predicted octanol–water partition coefficient (Wildman–Crippen LogP) is 2.10. The molecule has 0 fully saturated rings. The van der Waals surface area contributed by atoms with E-state index in [1.807, 2.05) is 0 Å². The van der Waals surface area contributed by atoms with Crippen LogP contribution in [0.5, 0.6) is 5.75 Å². The number of aromatic nitrogens is 4. The summed E-state index contributed by atoms with van der Waals surface area (Å²) in [5.41, 5.74) is 1.29. The maximum absolute atomic E-state index is 12.3. The summed E-state index contributed by atoms with van der Waals surface area (Å²) in [4.78, 5) is 12.3. The van der Waals surface area contributed by atoms with Gasteiger partial charge in [0.1, 0.15) is 12.3 Å². The second kappa shape index (κ2) is 7.80. The Hall–Kier alpha value is -2.87. The molecule has 0 atom stereocenters. The van der Waals surface area contributed by atoms with Gasteiger partial charge in [-0.05, 0) is 42.1 Å². The molecule has 7 nitrogen and oxygen atoms in total. The number of rotatable bonds is 7. The van der Waals surface area contributed by atoms with E-state index in [1.165, 1.54) is 22.6 Å². The van der Waals surface area contributed by atoms with Gasteiger partial charge in [0.05, 0.1) is 12.8 Å². The van der Waals surface area contributed by atoms with Gasteiger partial charge in [0.2, 0.25) is 0 Å². The van der Waals surface area contributed by atoms with Gasteiger partial charge in [0.25, 0.3) is 5.03 Å². The number of ether oxygens (including phenoxy) is 1. The number of Topliss-reactive ketones (excluding diaryl/α,β-unsaturated/α-hetero) is 1. The molecule has 0 unspecified atom stereocenters. The minimum absolute atomic E-state index is 0.0628. The maximum atomic E-state index is 12.3. The molecule has 1 aromatic carbocycles. The van der Waals surface area contributed by atoms with E-state index in [-0.39, 0.29) is 12.3 Å². The first-order valence-corrected chi connectivity index (χ1v) is 8.51. The Bertz CT molecular complexity index is 864. The normalized spacial score (nSPS) is 10.6. The average molecular weight is 356 g/mol. The number of ketones is 1. The average Bonchev–Trinajstić information content (AvgIpc) is 3.08. The Morgan fingerprint density at radius 3 is 2.80 bits per heavy atom. The molecule has 0 saturated carbocycles. The zero-order valence-electron chi connectivity index (χ0n) is 13.5. The van der Waals surface area contributed by atoms with Crippen molar-refractivity contribution in [2.75, 3.05) is 7.11 Å². The molecule has 0 aliphatic carbocycles. The lowest BCUT2D eigenvalue weighted by Crippen LogP contribution is -2.27. The van der Waals surface area contributed by atoms with Crippen molar-refractivity contribution >= 4 is 17.5 Å². The lowest BCUT2D eigenvalue weighted by Gasteiger charge is -2.03. The van der Waals surface area contributed by atoms with Gasteiger partial charge in [-0.1, -0.05) is 5.21 Å². The topological polar surface area (TPSA) is 84.0 Å². The van der Waals surface area contributed by atoms with E-state index in [4.69, 9.17) is 4.74 Å². The molecule has 25 heavy (non-hydrogen) atoms. The first-order chi connectivity index (χ1) is 12.2. The van der Waals surface area contributed by atoms with E-state index in [0.717, 1.165) is 4.73 Å². The highest BCUT2D eigenvalue weighted by molar-refractivity contribution is 7.98. The molecule has 0 bridgehead atoms. The fraction of sp³-hybridized carbons (Fsp3) is 0.176. The number of carbonyl (C=O) groups excluding carboxylic acids is 1. The molecule has 0 aliphatic rings. The molecule has 0 N–H and O–H groups in total. The van der Waals surface area contributed by atoms with Crippen molar-refractivity contribution in [3.05, 3.63) is 71.3 Å². The molecule has 8 heteroatoms. The third-order valence-electron chi connectivity index (χ3n) is 3.46. The lowest BCUT2D eigenvalue weighted by atomic mass is 10.1. The van der Waals surface area contributed by atoms with Crippen LogP contribution in [0.3, 0.4) is 0 Å². The summed E-state index contributed by atoms with van der Waals surface area (Å²) in [5.74, 6) is 1.14. The Balaban J connectivity index is 1.59. The highest BCUT2D eigenvalue weighted by atomic mass is 32.2. The Labute approximate surface area is 148 Å². The summed E-state index contributed by atoms with van der Waals surface area (Å²) in [6, 6.07) is 12.2. The van der Waals surface area contributed by atoms with Crippen molar-refractivity contribution in [3.8, 4) is 5.75 Å². The van der Waals surface area contributed by atoms with Gasteiger partial charge >= 0.3 is 0 Å². The van der Waals surface area contributed by atoms with E-state index in [1.54, 1.807) is 55.8 Å². The highest BCUT2D eigenvalue weighted by Crippen LogP contribution is 2.18. The van der Waals surface area contributed by atoms with Gasteiger partial charge in [0, 0.05) is 29.6 Å². The summed E-state index contributed by atoms with van der Waals surface area (Å²) in [7, 11) is 1.58.